The average Bonchev–Trinajstić information content (AvgIpc) is 3.44. The van der Waals surface area contributed by atoms with Gasteiger partial charge < -0.3 is 23.7 Å². The molecule has 0 atom stereocenters. The zero-order valence-electron chi connectivity index (χ0n) is 19.7. The highest BCUT2D eigenvalue weighted by molar-refractivity contribution is 5.98. The maximum atomic E-state index is 13.4. The van der Waals surface area contributed by atoms with Crippen LogP contribution in [0.15, 0.2) is 36.5 Å². The number of rotatable bonds is 5. The minimum absolute atomic E-state index is 0.102. The van der Waals surface area contributed by atoms with Crippen molar-refractivity contribution >= 4 is 16.8 Å². The van der Waals surface area contributed by atoms with Gasteiger partial charge in [0.1, 0.15) is 17.1 Å². The molecule has 1 saturated heterocycles. The molecule has 2 aliphatic heterocycles. The summed E-state index contributed by atoms with van der Waals surface area (Å²) in [5, 5.41) is 1.11. The first-order chi connectivity index (χ1) is 16.0. The highest BCUT2D eigenvalue weighted by Crippen LogP contribution is 2.39. The largest absolute Gasteiger partial charge is 0.365 e. The van der Waals surface area contributed by atoms with Crippen molar-refractivity contribution < 1.29 is 9.53 Å². The minimum atomic E-state index is -0.374. The van der Waals surface area contributed by atoms with Gasteiger partial charge in [0, 0.05) is 69.7 Å². The van der Waals surface area contributed by atoms with E-state index in [1.165, 1.54) is 25.1 Å². The summed E-state index contributed by atoms with van der Waals surface area (Å²) in [5.74, 6) is 2.04. The van der Waals surface area contributed by atoms with Gasteiger partial charge >= 0.3 is 0 Å². The fourth-order valence-corrected chi connectivity index (χ4v) is 5.72. The number of nitrogens with zero attached hydrogens (tertiary/aromatic N) is 5. The number of benzene rings is 1. The summed E-state index contributed by atoms with van der Waals surface area (Å²) in [6.45, 7) is 5.05. The van der Waals surface area contributed by atoms with E-state index in [0.29, 0.717) is 19.7 Å². The van der Waals surface area contributed by atoms with E-state index in [1.807, 2.05) is 40.9 Å². The maximum absolute atomic E-state index is 13.4. The van der Waals surface area contributed by atoms with Crippen molar-refractivity contribution in [3.8, 4) is 0 Å². The number of aromatic nitrogens is 3. The average molecular weight is 448 g/mol. The van der Waals surface area contributed by atoms with Crippen LogP contribution in [0.25, 0.3) is 10.9 Å². The first kappa shape index (κ1) is 20.9. The van der Waals surface area contributed by atoms with E-state index in [0.717, 1.165) is 54.3 Å². The van der Waals surface area contributed by atoms with Gasteiger partial charge in [-0.1, -0.05) is 18.2 Å². The Hall–Kier alpha value is -2.64. The molecule has 7 nitrogen and oxygen atoms in total. The summed E-state index contributed by atoms with van der Waals surface area (Å²) in [6, 6.07) is 10.2. The van der Waals surface area contributed by atoms with Crippen LogP contribution in [0.4, 0.5) is 0 Å². The summed E-state index contributed by atoms with van der Waals surface area (Å²) < 4.78 is 10.8. The Labute approximate surface area is 194 Å². The molecule has 4 heterocycles. The Morgan fingerprint density at radius 2 is 2.00 bits per heavy atom. The van der Waals surface area contributed by atoms with Gasteiger partial charge in [-0.3, -0.25) is 4.79 Å². The van der Waals surface area contributed by atoms with E-state index in [9.17, 15) is 4.79 Å². The first-order valence-corrected chi connectivity index (χ1v) is 12.3. The Kier molecular flexibility index (Phi) is 5.07. The molecule has 0 N–H and O–H groups in total. The van der Waals surface area contributed by atoms with Crippen molar-refractivity contribution in [1.29, 1.82) is 0 Å². The number of para-hydroxylation sites is 1. The molecule has 0 radical (unpaired) electrons. The van der Waals surface area contributed by atoms with E-state index in [2.05, 4.69) is 28.6 Å². The lowest BCUT2D eigenvalue weighted by molar-refractivity contribution is -0.112. The lowest BCUT2D eigenvalue weighted by atomic mass is 9.89. The van der Waals surface area contributed by atoms with Gasteiger partial charge in [0.05, 0.1) is 12.3 Å². The number of imidazole rings is 1. The molecule has 2 aromatic heterocycles. The molecule has 174 valence electrons. The quantitative estimate of drug-likeness (QED) is 0.602. The van der Waals surface area contributed by atoms with E-state index >= 15 is 0 Å². The smallest absolute Gasteiger partial charge is 0.270 e. The second-order valence-electron chi connectivity index (χ2n) is 10.1. The van der Waals surface area contributed by atoms with Gasteiger partial charge in [-0.05, 0) is 37.9 Å². The van der Waals surface area contributed by atoms with Crippen molar-refractivity contribution in [3.63, 3.8) is 0 Å². The van der Waals surface area contributed by atoms with Crippen molar-refractivity contribution in [1.82, 2.24) is 23.9 Å². The summed E-state index contributed by atoms with van der Waals surface area (Å²) in [7, 11) is 4.19. The third-order valence-electron chi connectivity index (χ3n) is 7.77. The van der Waals surface area contributed by atoms with E-state index in [1.54, 1.807) is 0 Å². The Morgan fingerprint density at radius 3 is 2.76 bits per heavy atom. The van der Waals surface area contributed by atoms with Gasteiger partial charge in [-0.15, -0.1) is 0 Å². The molecule has 1 spiro atoms. The lowest BCUT2D eigenvalue weighted by Gasteiger charge is -2.43. The van der Waals surface area contributed by atoms with Crippen LogP contribution in [-0.4, -0.2) is 63.1 Å². The maximum Gasteiger partial charge on any atom is 0.270 e. The summed E-state index contributed by atoms with van der Waals surface area (Å²) in [6.07, 6.45) is 6.37. The Morgan fingerprint density at radius 1 is 1.21 bits per heavy atom. The van der Waals surface area contributed by atoms with Crippen LogP contribution >= 0.6 is 0 Å². The van der Waals surface area contributed by atoms with Crippen LogP contribution in [0.2, 0.25) is 0 Å². The predicted molar refractivity (Wildman–Crippen MR) is 127 cm³/mol. The molecule has 3 aliphatic rings. The number of aryl methyl sites for hydroxylation is 1. The monoisotopic (exact) mass is 447 g/mol. The third kappa shape index (κ3) is 3.67. The molecular weight excluding hydrogens is 414 g/mol. The predicted octanol–water partition coefficient (Wildman–Crippen LogP) is 3.38. The number of amides is 1. The number of hydrogen-bond donors (Lipinski definition) is 0. The van der Waals surface area contributed by atoms with Gasteiger partial charge in [-0.2, -0.15) is 0 Å². The third-order valence-corrected chi connectivity index (χ3v) is 7.77. The number of hydrogen-bond acceptors (Lipinski definition) is 4. The molecule has 7 heteroatoms. The zero-order chi connectivity index (χ0) is 22.6. The van der Waals surface area contributed by atoms with Crippen LogP contribution < -0.4 is 0 Å². The van der Waals surface area contributed by atoms with Crippen LogP contribution in [0.3, 0.4) is 0 Å². The first-order valence-electron chi connectivity index (χ1n) is 12.3. The normalized spacial score (nSPS) is 20.0. The number of fused-ring (bicyclic) bond motifs is 3. The highest BCUT2D eigenvalue weighted by Gasteiger charge is 2.44. The van der Waals surface area contributed by atoms with Crippen molar-refractivity contribution in [2.24, 2.45) is 13.0 Å². The molecular formula is C26H33N5O2. The lowest BCUT2D eigenvalue weighted by Crippen LogP contribution is -2.50. The van der Waals surface area contributed by atoms with Gasteiger partial charge in [-0.25, -0.2) is 4.98 Å². The molecule has 1 saturated carbocycles. The number of likely N-dealkylation sites (tertiary alicyclic amines) is 1. The molecule has 2 fully saturated rings. The van der Waals surface area contributed by atoms with Crippen LogP contribution in [0.5, 0.6) is 0 Å². The van der Waals surface area contributed by atoms with Gasteiger partial charge in [0.25, 0.3) is 5.91 Å². The number of ether oxygens (including phenoxy) is 1. The number of carbonyl (C=O) groups is 1. The molecule has 6 rings (SSSR count). The molecule has 0 bridgehead atoms. The van der Waals surface area contributed by atoms with Crippen molar-refractivity contribution in [3.05, 3.63) is 53.7 Å². The Bertz CT molecular complexity index is 1180. The number of carbonyl (C=O) groups excluding carboxylic acids is 1. The molecule has 33 heavy (non-hydrogen) atoms. The molecule has 3 aromatic rings. The van der Waals surface area contributed by atoms with E-state index in [-0.39, 0.29) is 11.5 Å². The van der Waals surface area contributed by atoms with Crippen LogP contribution in [0, 0.1) is 5.92 Å². The minimum Gasteiger partial charge on any atom is -0.365 e. The summed E-state index contributed by atoms with van der Waals surface area (Å²) in [4.78, 5) is 22.6. The fourth-order valence-electron chi connectivity index (χ4n) is 5.72. The van der Waals surface area contributed by atoms with Crippen molar-refractivity contribution in [2.45, 2.75) is 44.4 Å². The fraction of sp³-hybridized carbons (Fsp3) is 0.538. The molecule has 1 aromatic carbocycles. The standard InChI is InChI=1S/C26H33N5O2/c1-28(17-19-7-8-19)18-21-16-27-25-26(33-14-13-31(21)25)9-11-30(12-10-26)24(32)23-15-20-5-3-4-6-22(20)29(23)2/h3-6,15-16,19H,7-14,17-18H2,1-2H3. The molecule has 1 amide bonds. The summed E-state index contributed by atoms with van der Waals surface area (Å²) in [5.41, 5.74) is 2.75. The second kappa shape index (κ2) is 7.99. The van der Waals surface area contributed by atoms with Crippen LogP contribution in [0.1, 0.15) is 47.7 Å². The van der Waals surface area contributed by atoms with Gasteiger partial charge in [0.15, 0.2) is 0 Å². The van der Waals surface area contributed by atoms with Crippen LogP contribution in [-0.2, 0) is 30.5 Å². The highest BCUT2D eigenvalue weighted by atomic mass is 16.5. The SMILES string of the molecule is CN(Cc1cnc2n1CCOC21CCN(C(=O)c2cc3ccccc3n2C)CC1)CC1CC1. The zero-order valence-corrected chi connectivity index (χ0v) is 19.7. The van der Waals surface area contributed by atoms with E-state index in [4.69, 9.17) is 9.72 Å². The van der Waals surface area contributed by atoms with E-state index < -0.39 is 0 Å². The molecule has 1 aliphatic carbocycles. The summed E-state index contributed by atoms with van der Waals surface area (Å²) >= 11 is 0. The van der Waals surface area contributed by atoms with Gasteiger partial charge in [0.2, 0.25) is 0 Å². The Balaban J connectivity index is 1.18. The second-order valence-corrected chi connectivity index (χ2v) is 10.1. The number of piperidine rings is 1. The topological polar surface area (TPSA) is 55.5 Å². The van der Waals surface area contributed by atoms with Crippen molar-refractivity contribution in [2.75, 3.05) is 33.3 Å². The molecule has 0 unspecified atom stereocenters.